The smallest absolute Gasteiger partial charge is 0.123 e. The summed E-state index contributed by atoms with van der Waals surface area (Å²) in [7, 11) is 0. The summed E-state index contributed by atoms with van der Waals surface area (Å²) in [5.41, 5.74) is 13.1. The van der Waals surface area contributed by atoms with Crippen molar-refractivity contribution in [3.8, 4) is 67.1 Å². The molecule has 6 aromatic carbocycles. The molecule has 2 nitrogen and oxygen atoms in total. The molecule has 0 spiro atoms. The molecule has 0 aromatic heterocycles. The molecule has 1 aliphatic carbocycles. The van der Waals surface area contributed by atoms with Gasteiger partial charge in [0.1, 0.15) is 11.5 Å². The van der Waals surface area contributed by atoms with Crippen LogP contribution < -0.4 is 0 Å². The molecule has 186 valence electrons. The Morgan fingerprint density at radius 2 is 0.923 bits per heavy atom. The van der Waals surface area contributed by atoms with E-state index in [0.717, 1.165) is 50.9 Å². The lowest BCUT2D eigenvalue weighted by Gasteiger charge is -2.18. The largest absolute Gasteiger partial charge is 0.507 e. The number of aromatic hydroxyl groups is 2. The van der Waals surface area contributed by atoms with Crippen molar-refractivity contribution in [1.82, 2.24) is 0 Å². The number of phenols is 2. The standard InChI is InChI=1S/C37H26O2/c38-35-19-15-27(21-32(35)24-9-3-1-4-10-24)30-17-18-31-29-14-8-7-13-26(29)22-34(31)37(30)28-16-20-36(39)33(23-28)25-11-5-2-6-12-25/h1-21,23,38-39H,22H2. The Hall–Kier alpha value is -5.08. The normalized spacial score (nSPS) is 11.7. The molecule has 39 heavy (non-hydrogen) atoms. The van der Waals surface area contributed by atoms with Crippen LogP contribution in [-0.2, 0) is 6.42 Å². The molecular formula is C37H26O2. The van der Waals surface area contributed by atoms with Crippen LogP contribution in [0.2, 0.25) is 0 Å². The minimum absolute atomic E-state index is 0.260. The van der Waals surface area contributed by atoms with E-state index in [2.05, 4.69) is 48.5 Å². The minimum Gasteiger partial charge on any atom is -0.507 e. The molecule has 6 aromatic rings. The van der Waals surface area contributed by atoms with E-state index in [9.17, 15) is 10.2 Å². The first-order valence-electron chi connectivity index (χ1n) is 13.2. The zero-order chi connectivity index (χ0) is 26.3. The first kappa shape index (κ1) is 23.1. The van der Waals surface area contributed by atoms with E-state index in [1.165, 1.54) is 22.3 Å². The second kappa shape index (κ2) is 9.34. The summed E-state index contributed by atoms with van der Waals surface area (Å²) in [6, 6.07) is 44.8. The molecular weight excluding hydrogens is 476 g/mol. The fourth-order valence-corrected chi connectivity index (χ4v) is 5.87. The zero-order valence-corrected chi connectivity index (χ0v) is 21.3. The predicted molar refractivity (Wildman–Crippen MR) is 160 cm³/mol. The van der Waals surface area contributed by atoms with E-state index in [1.54, 1.807) is 12.1 Å². The zero-order valence-electron chi connectivity index (χ0n) is 21.3. The maximum absolute atomic E-state index is 10.8. The monoisotopic (exact) mass is 502 g/mol. The highest BCUT2D eigenvalue weighted by Gasteiger charge is 2.25. The topological polar surface area (TPSA) is 40.5 Å². The number of benzene rings is 6. The number of hydrogen-bond acceptors (Lipinski definition) is 2. The Morgan fingerprint density at radius 1 is 0.385 bits per heavy atom. The van der Waals surface area contributed by atoms with Crippen molar-refractivity contribution in [2.24, 2.45) is 0 Å². The molecule has 0 unspecified atom stereocenters. The van der Waals surface area contributed by atoms with Gasteiger partial charge >= 0.3 is 0 Å². The van der Waals surface area contributed by atoms with Gasteiger partial charge in [0.15, 0.2) is 0 Å². The van der Waals surface area contributed by atoms with Crippen LogP contribution in [-0.4, -0.2) is 10.2 Å². The molecule has 0 fully saturated rings. The Kier molecular flexibility index (Phi) is 5.53. The van der Waals surface area contributed by atoms with Crippen LogP contribution in [0, 0.1) is 0 Å². The Balaban J connectivity index is 1.48. The number of rotatable bonds is 4. The van der Waals surface area contributed by atoms with Gasteiger partial charge in [-0.1, -0.05) is 109 Å². The molecule has 1 aliphatic rings. The third-order valence-electron chi connectivity index (χ3n) is 7.75. The first-order chi connectivity index (χ1) is 19.2. The van der Waals surface area contributed by atoms with Gasteiger partial charge in [0.05, 0.1) is 0 Å². The summed E-state index contributed by atoms with van der Waals surface area (Å²) in [5.74, 6) is 0.523. The fourth-order valence-electron chi connectivity index (χ4n) is 5.87. The third kappa shape index (κ3) is 3.98. The molecule has 2 N–H and O–H groups in total. The van der Waals surface area contributed by atoms with Crippen LogP contribution in [0.1, 0.15) is 11.1 Å². The van der Waals surface area contributed by atoms with E-state index in [-0.39, 0.29) is 11.5 Å². The quantitative estimate of drug-likeness (QED) is 0.252. The number of phenolic OH excluding ortho intramolecular Hbond substituents is 2. The maximum atomic E-state index is 10.8. The van der Waals surface area contributed by atoms with Crippen molar-refractivity contribution in [3.05, 3.63) is 145 Å². The number of hydrogen-bond donors (Lipinski definition) is 2. The molecule has 7 rings (SSSR count). The molecule has 0 aliphatic heterocycles. The highest BCUT2D eigenvalue weighted by molar-refractivity contribution is 5.95. The summed E-state index contributed by atoms with van der Waals surface area (Å²) < 4.78 is 0. The van der Waals surface area contributed by atoms with Gasteiger partial charge in [0, 0.05) is 11.1 Å². The van der Waals surface area contributed by atoms with Gasteiger partial charge in [-0.25, -0.2) is 0 Å². The average Bonchev–Trinajstić information content (AvgIpc) is 3.37. The van der Waals surface area contributed by atoms with E-state index in [4.69, 9.17) is 0 Å². The molecule has 0 heterocycles. The summed E-state index contributed by atoms with van der Waals surface area (Å²) in [4.78, 5) is 0. The Labute approximate surface area is 228 Å². The Morgan fingerprint density at radius 3 is 1.59 bits per heavy atom. The van der Waals surface area contributed by atoms with Gasteiger partial charge in [0.25, 0.3) is 0 Å². The van der Waals surface area contributed by atoms with E-state index < -0.39 is 0 Å². The average molecular weight is 503 g/mol. The summed E-state index contributed by atoms with van der Waals surface area (Å²) in [6.07, 6.45) is 0.847. The lowest BCUT2D eigenvalue weighted by Crippen LogP contribution is -1.94. The first-order valence-corrected chi connectivity index (χ1v) is 13.2. The predicted octanol–water partition coefficient (Wildman–Crippen LogP) is 9.34. The van der Waals surface area contributed by atoms with Gasteiger partial charge in [-0.3, -0.25) is 0 Å². The van der Waals surface area contributed by atoms with Gasteiger partial charge < -0.3 is 10.2 Å². The van der Waals surface area contributed by atoms with Crippen LogP contribution in [0.3, 0.4) is 0 Å². The Bertz CT molecular complexity index is 1840. The number of fused-ring (bicyclic) bond motifs is 3. The molecule has 0 saturated carbocycles. The van der Waals surface area contributed by atoms with E-state index in [1.807, 2.05) is 72.8 Å². The summed E-state index contributed by atoms with van der Waals surface area (Å²) in [6.45, 7) is 0. The van der Waals surface area contributed by atoms with Crippen molar-refractivity contribution >= 4 is 0 Å². The molecule has 0 amide bonds. The summed E-state index contributed by atoms with van der Waals surface area (Å²) >= 11 is 0. The van der Waals surface area contributed by atoms with Crippen LogP contribution in [0.15, 0.2) is 133 Å². The lowest BCUT2D eigenvalue weighted by molar-refractivity contribution is 0.477. The van der Waals surface area contributed by atoms with Crippen molar-refractivity contribution in [2.75, 3.05) is 0 Å². The van der Waals surface area contributed by atoms with Gasteiger partial charge in [-0.15, -0.1) is 0 Å². The van der Waals surface area contributed by atoms with Crippen molar-refractivity contribution in [2.45, 2.75) is 6.42 Å². The fraction of sp³-hybridized carbons (Fsp3) is 0.0270. The molecule has 2 heteroatoms. The molecule has 0 saturated heterocycles. The van der Waals surface area contributed by atoms with Crippen molar-refractivity contribution in [3.63, 3.8) is 0 Å². The SMILES string of the molecule is Oc1ccc(-c2ccc3c(c2-c2ccc(O)c(-c4ccccc4)c2)Cc2ccccc2-3)cc1-c1ccccc1. The highest BCUT2D eigenvalue weighted by atomic mass is 16.3. The van der Waals surface area contributed by atoms with Crippen molar-refractivity contribution in [1.29, 1.82) is 0 Å². The molecule has 0 atom stereocenters. The third-order valence-corrected chi connectivity index (χ3v) is 7.75. The van der Waals surface area contributed by atoms with Crippen LogP contribution in [0.25, 0.3) is 55.6 Å². The van der Waals surface area contributed by atoms with Gasteiger partial charge in [0.2, 0.25) is 0 Å². The molecule has 0 radical (unpaired) electrons. The second-order valence-electron chi connectivity index (χ2n) is 10.0. The van der Waals surface area contributed by atoms with E-state index >= 15 is 0 Å². The van der Waals surface area contributed by atoms with Crippen LogP contribution in [0.5, 0.6) is 11.5 Å². The molecule has 0 bridgehead atoms. The van der Waals surface area contributed by atoms with Crippen LogP contribution in [0.4, 0.5) is 0 Å². The minimum atomic E-state index is 0.260. The van der Waals surface area contributed by atoms with Gasteiger partial charge in [-0.2, -0.15) is 0 Å². The van der Waals surface area contributed by atoms with E-state index in [0.29, 0.717) is 0 Å². The van der Waals surface area contributed by atoms with Gasteiger partial charge in [-0.05, 0) is 86.3 Å². The second-order valence-corrected chi connectivity index (χ2v) is 10.0. The lowest BCUT2D eigenvalue weighted by atomic mass is 9.86. The summed E-state index contributed by atoms with van der Waals surface area (Å²) in [5, 5.41) is 21.6. The van der Waals surface area contributed by atoms with Crippen LogP contribution >= 0.6 is 0 Å². The highest BCUT2D eigenvalue weighted by Crippen LogP contribution is 2.48. The van der Waals surface area contributed by atoms with Crippen molar-refractivity contribution < 1.29 is 10.2 Å². The maximum Gasteiger partial charge on any atom is 0.123 e.